The summed E-state index contributed by atoms with van der Waals surface area (Å²) in [6.07, 6.45) is 7.69. The van der Waals surface area contributed by atoms with Crippen molar-refractivity contribution in [2.75, 3.05) is 6.61 Å². The maximum Gasteiger partial charge on any atom is 0.333 e. The first-order chi connectivity index (χ1) is 6.74. The van der Waals surface area contributed by atoms with E-state index in [1.54, 1.807) is 0 Å². The minimum Gasteiger partial charge on any atom is -0.462 e. The number of esters is 1. The first-order valence-corrected chi connectivity index (χ1v) is 5.58. The normalized spacial score (nSPS) is 16.9. The van der Waals surface area contributed by atoms with Crippen LogP contribution in [0.3, 0.4) is 0 Å². The van der Waals surface area contributed by atoms with Gasteiger partial charge >= 0.3 is 5.97 Å². The molecule has 0 aromatic carbocycles. The van der Waals surface area contributed by atoms with Crippen molar-refractivity contribution in [2.24, 2.45) is 5.92 Å². The van der Waals surface area contributed by atoms with Crippen molar-refractivity contribution in [3.8, 4) is 0 Å². The highest BCUT2D eigenvalue weighted by atomic mass is 16.5. The lowest BCUT2D eigenvalue weighted by atomic mass is 10.2. The van der Waals surface area contributed by atoms with E-state index >= 15 is 0 Å². The quantitative estimate of drug-likeness (QED) is 0.482. The Bertz CT molecular complexity index is 214. The van der Waals surface area contributed by atoms with Gasteiger partial charge < -0.3 is 4.74 Å². The molecule has 80 valence electrons. The van der Waals surface area contributed by atoms with Gasteiger partial charge in [0.05, 0.1) is 6.61 Å². The van der Waals surface area contributed by atoms with E-state index in [-0.39, 0.29) is 5.97 Å². The molecule has 2 heteroatoms. The monoisotopic (exact) mass is 196 g/mol. The van der Waals surface area contributed by atoms with Gasteiger partial charge in [0.15, 0.2) is 0 Å². The second kappa shape index (κ2) is 5.84. The van der Waals surface area contributed by atoms with Gasteiger partial charge in [-0.05, 0) is 25.7 Å². The Morgan fingerprint density at radius 2 is 2.21 bits per heavy atom. The summed E-state index contributed by atoms with van der Waals surface area (Å²) in [6.45, 7) is 4.53. The van der Waals surface area contributed by atoms with E-state index in [0.717, 1.165) is 30.8 Å². The van der Waals surface area contributed by atoms with Gasteiger partial charge in [0, 0.05) is 5.57 Å². The van der Waals surface area contributed by atoms with Crippen molar-refractivity contribution >= 4 is 5.97 Å². The molecule has 0 aromatic rings. The molecule has 0 aliphatic heterocycles. The molecule has 0 bridgehead atoms. The molecule has 0 N–H and O–H groups in total. The Labute approximate surface area is 86.3 Å². The summed E-state index contributed by atoms with van der Waals surface area (Å²) in [7, 11) is 0. The van der Waals surface area contributed by atoms with Crippen molar-refractivity contribution in [1.82, 2.24) is 0 Å². The molecule has 1 saturated carbocycles. The lowest BCUT2D eigenvalue weighted by molar-refractivity contribution is -0.139. The molecule has 2 nitrogen and oxygen atoms in total. The first-order valence-electron chi connectivity index (χ1n) is 5.58. The fourth-order valence-corrected chi connectivity index (χ4v) is 1.28. The maximum atomic E-state index is 11.4. The number of unbranched alkanes of at least 4 members (excludes halogenated alkanes) is 1. The zero-order chi connectivity index (χ0) is 10.4. The fraction of sp³-hybridized carbons (Fsp3) is 0.750. The minimum atomic E-state index is -0.140. The number of ether oxygens (including phenoxy) is 1. The van der Waals surface area contributed by atoms with Gasteiger partial charge in [0.25, 0.3) is 0 Å². The SMILES string of the molecule is CCC/C=C(\C)C(=O)OCCC1CC1. The van der Waals surface area contributed by atoms with Gasteiger partial charge in [-0.2, -0.15) is 0 Å². The molecule has 14 heavy (non-hydrogen) atoms. The van der Waals surface area contributed by atoms with Crippen LogP contribution in [0.4, 0.5) is 0 Å². The van der Waals surface area contributed by atoms with Crippen molar-refractivity contribution in [1.29, 1.82) is 0 Å². The van der Waals surface area contributed by atoms with Gasteiger partial charge in [-0.3, -0.25) is 0 Å². The molecular formula is C12H20O2. The second-order valence-corrected chi connectivity index (χ2v) is 4.04. The minimum absolute atomic E-state index is 0.140. The van der Waals surface area contributed by atoms with Crippen LogP contribution in [-0.4, -0.2) is 12.6 Å². The predicted octanol–water partition coefficient (Wildman–Crippen LogP) is 3.08. The number of rotatable bonds is 6. The average Bonchev–Trinajstić information content (AvgIpc) is 2.97. The molecule has 0 aromatic heterocycles. The third-order valence-corrected chi connectivity index (χ3v) is 2.52. The smallest absolute Gasteiger partial charge is 0.333 e. The van der Waals surface area contributed by atoms with Crippen LogP contribution in [0, 0.1) is 5.92 Å². The zero-order valence-corrected chi connectivity index (χ0v) is 9.21. The number of hydrogen-bond donors (Lipinski definition) is 0. The first kappa shape index (κ1) is 11.3. The fourth-order valence-electron chi connectivity index (χ4n) is 1.28. The molecule has 0 heterocycles. The molecule has 0 amide bonds. The summed E-state index contributed by atoms with van der Waals surface area (Å²) in [5, 5.41) is 0. The van der Waals surface area contributed by atoms with Gasteiger partial charge in [0.1, 0.15) is 0 Å². The lowest BCUT2D eigenvalue weighted by Gasteiger charge is -2.03. The summed E-state index contributed by atoms with van der Waals surface area (Å²) in [5.74, 6) is 0.696. The van der Waals surface area contributed by atoms with Gasteiger partial charge in [-0.15, -0.1) is 0 Å². The van der Waals surface area contributed by atoms with Crippen molar-refractivity contribution in [2.45, 2.75) is 46.0 Å². The van der Waals surface area contributed by atoms with Crippen LogP contribution >= 0.6 is 0 Å². The maximum absolute atomic E-state index is 11.4. The molecule has 0 saturated heterocycles. The predicted molar refractivity (Wildman–Crippen MR) is 57.0 cm³/mol. The van der Waals surface area contributed by atoms with E-state index < -0.39 is 0 Å². The third-order valence-electron chi connectivity index (χ3n) is 2.52. The van der Waals surface area contributed by atoms with Crippen molar-refractivity contribution in [3.63, 3.8) is 0 Å². The lowest BCUT2D eigenvalue weighted by Crippen LogP contribution is -2.07. The van der Waals surface area contributed by atoms with Crippen LogP contribution in [0.15, 0.2) is 11.6 Å². The summed E-state index contributed by atoms with van der Waals surface area (Å²) < 4.78 is 5.14. The molecule has 1 rings (SSSR count). The highest BCUT2D eigenvalue weighted by Gasteiger charge is 2.21. The largest absolute Gasteiger partial charge is 0.462 e. The van der Waals surface area contributed by atoms with Crippen LogP contribution in [0.5, 0.6) is 0 Å². The highest BCUT2D eigenvalue weighted by molar-refractivity contribution is 5.87. The molecule has 1 aliphatic rings. The number of hydrogen-bond acceptors (Lipinski definition) is 2. The molecule has 0 spiro atoms. The van der Waals surface area contributed by atoms with Crippen LogP contribution in [0.1, 0.15) is 46.0 Å². The van der Waals surface area contributed by atoms with Crippen LogP contribution in [0.2, 0.25) is 0 Å². The van der Waals surface area contributed by atoms with Crippen molar-refractivity contribution < 1.29 is 9.53 Å². The molecule has 0 unspecified atom stereocenters. The number of carbonyl (C=O) groups is 1. The third kappa shape index (κ3) is 4.45. The van der Waals surface area contributed by atoms with Gasteiger partial charge in [-0.25, -0.2) is 4.79 Å². The summed E-state index contributed by atoms with van der Waals surface area (Å²) in [6, 6.07) is 0. The second-order valence-electron chi connectivity index (χ2n) is 4.04. The molecular weight excluding hydrogens is 176 g/mol. The van der Waals surface area contributed by atoms with Crippen LogP contribution < -0.4 is 0 Å². The molecule has 0 radical (unpaired) electrons. The summed E-state index contributed by atoms with van der Waals surface area (Å²) in [5.41, 5.74) is 0.752. The van der Waals surface area contributed by atoms with E-state index in [0.29, 0.717) is 6.61 Å². The Balaban J connectivity index is 2.11. The Hall–Kier alpha value is -0.790. The number of allylic oxidation sites excluding steroid dienone is 1. The Morgan fingerprint density at radius 1 is 1.50 bits per heavy atom. The topological polar surface area (TPSA) is 26.3 Å². The van der Waals surface area contributed by atoms with Crippen LogP contribution in [0.25, 0.3) is 0 Å². The molecule has 1 aliphatic carbocycles. The van der Waals surface area contributed by atoms with E-state index in [9.17, 15) is 4.79 Å². The Morgan fingerprint density at radius 3 is 2.79 bits per heavy atom. The van der Waals surface area contributed by atoms with E-state index in [1.165, 1.54) is 12.8 Å². The summed E-state index contributed by atoms with van der Waals surface area (Å²) >= 11 is 0. The Kier molecular flexibility index (Phi) is 4.71. The van der Waals surface area contributed by atoms with E-state index in [2.05, 4.69) is 6.92 Å². The van der Waals surface area contributed by atoms with Gasteiger partial charge in [0.2, 0.25) is 0 Å². The molecule has 1 fully saturated rings. The standard InChI is InChI=1S/C12H20O2/c1-3-4-5-10(2)12(13)14-9-8-11-6-7-11/h5,11H,3-4,6-9H2,1-2H3/b10-5+. The zero-order valence-electron chi connectivity index (χ0n) is 9.21. The van der Waals surface area contributed by atoms with Crippen LogP contribution in [-0.2, 0) is 9.53 Å². The van der Waals surface area contributed by atoms with Gasteiger partial charge in [-0.1, -0.05) is 32.3 Å². The molecule has 0 atom stereocenters. The van der Waals surface area contributed by atoms with Crippen molar-refractivity contribution in [3.05, 3.63) is 11.6 Å². The number of carbonyl (C=O) groups excluding carboxylic acids is 1. The summed E-state index contributed by atoms with van der Waals surface area (Å²) in [4.78, 5) is 11.4. The van der Waals surface area contributed by atoms with E-state index in [1.807, 2.05) is 13.0 Å². The van der Waals surface area contributed by atoms with E-state index in [4.69, 9.17) is 4.74 Å². The average molecular weight is 196 g/mol. The highest BCUT2D eigenvalue weighted by Crippen LogP contribution is 2.32.